The molecule has 0 saturated carbocycles. The topological polar surface area (TPSA) is 8.17 Å². The molecule has 11 rings (SSSR count). The number of benzene rings is 9. The summed E-state index contributed by atoms with van der Waals surface area (Å²) in [6.07, 6.45) is 0. The van der Waals surface area contributed by atoms with Gasteiger partial charge in [0, 0.05) is 33.5 Å². The third-order valence-electron chi connectivity index (χ3n) is 11.1. The van der Waals surface area contributed by atoms with E-state index >= 15 is 0 Å². The molecule has 0 spiro atoms. The predicted molar refractivity (Wildman–Crippen MR) is 230 cm³/mol. The van der Waals surface area contributed by atoms with Crippen LogP contribution in [0.15, 0.2) is 218 Å². The maximum absolute atomic E-state index is 10.2. The van der Waals surface area contributed by atoms with Crippen LogP contribution >= 0.6 is 0 Å². The van der Waals surface area contributed by atoms with Gasteiger partial charge in [-0.1, -0.05) is 152 Å². The van der Waals surface area contributed by atoms with Gasteiger partial charge in [0.2, 0.25) is 0 Å². The van der Waals surface area contributed by atoms with Crippen LogP contribution in [-0.4, -0.2) is 4.57 Å². The Bertz CT molecular complexity index is 3400. The van der Waals surface area contributed by atoms with Crippen LogP contribution in [0.4, 0.5) is 17.1 Å². The zero-order chi connectivity index (χ0) is 42.4. The first-order valence-electron chi connectivity index (χ1n) is 22.0. The first-order chi connectivity index (χ1) is 30.2. The van der Waals surface area contributed by atoms with Gasteiger partial charge in [-0.05, 0) is 111 Å². The number of anilines is 3. The minimum Gasteiger partial charge on any atom is -0.310 e. The molecule has 1 atom stereocenters. The molecule has 0 N–H and O–H groups in total. The van der Waals surface area contributed by atoms with Gasteiger partial charge in [-0.15, -0.1) is 0 Å². The summed E-state index contributed by atoms with van der Waals surface area (Å²) in [7, 11) is 0. The number of fused-ring (bicyclic) bond motifs is 7. The van der Waals surface area contributed by atoms with Crippen LogP contribution in [0.1, 0.15) is 31.8 Å². The van der Waals surface area contributed by atoms with Crippen molar-refractivity contribution in [2.45, 2.75) is 5.41 Å². The van der Waals surface area contributed by atoms with Crippen molar-refractivity contribution in [3.05, 3.63) is 240 Å². The Morgan fingerprint density at radius 3 is 1.85 bits per heavy atom. The summed E-state index contributed by atoms with van der Waals surface area (Å²) in [5.74, 6) is 0. The standard InChI is InChI=1S/C53H36N2/c1-4-19-40(20-5-1)54(41-21-6-2-7-22-41)43-33-34-48-46(36-43)44-25-12-14-27-47(44)53(48,39-32-31-37-17-10-11-18-38(37)35-39)49-28-16-30-51-52(49)45-26-13-15-29-50(45)55(51)42-23-8-3-9-24-42/h1-36H/i10D,11D,17D,18D,31D,32D,35D. The Morgan fingerprint density at radius 2 is 1.07 bits per heavy atom. The van der Waals surface area contributed by atoms with E-state index in [1.165, 1.54) is 0 Å². The van der Waals surface area contributed by atoms with E-state index in [0.29, 0.717) is 0 Å². The molecule has 258 valence electrons. The van der Waals surface area contributed by atoms with Crippen LogP contribution in [0, 0.1) is 0 Å². The van der Waals surface area contributed by atoms with E-state index in [1.54, 1.807) is 0 Å². The molecule has 2 nitrogen and oxygen atoms in total. The van der Waals surface area contributed by atoms with E-state index in [2.05, 4.69) is 94.4 Å². The predicted octanol–water partition coefficient (Wildman–Crippen LogP) is 13.8. The van der Waals surface area contributed by atoms with Gasteiger partial charge in [-0.25, -0.2) is 0 Å². The monoisotopic (exact) mass is 707 g/mol. The molecule has 0 bridgehead atoms. The Kier molecular flexibility index (Phi) is 5.66. The fourth-order valence-electron chi connectivity index (χ4n) is 8.86. The van der Waals surface area contributed by atoms with Gasteiger partial charge in [-0.3, -0.25) is 0 Å². The van der Waals surface area contributed by atoms with Gasteiger partial charge < -0.3 is 9.47 Å². The maximum Gasteiger partial charge on any atom is 0.0720 e. The number of aromatic nitrogens is 1. The van der Waals surface area contributed by atoms with Crippen LogP contribution in [0.25, 0.3) is 49.4 Å². The molecule has 0 saturated heterocycles. The summed E-state index contributed by atoms with van der Waals surface area (Å²) in [5.41, 5.74) is 8.68. The second-order valence-electron chi connectivity index (χ2n) is 13.9. The quantitative estimate of drug-likeness (QED) is 0.167. The first-order valence-corrected chi connectivity index (χ1v) is 18.5. The molecular formula is C53H36N2. The molecule has 2 heteroatoms. The van der Waals surface area contributed by atoms with Gasteiger partial charge in [0.05, 0.1) is 26.0 Å². The van der Waals surface area contributed by atoms with E-state index in [4.69, 9.17) is 4.11 Å². The zero-order valence-corrected chi connectivity index (χ0v) is 29.6. The Labute approximate surface area is 330 Å². The molecule has 1 unspecified atom stereocenters. The summed E-state index contributed by atoms with van der Waals surface area (Å²) >= 11 is 0. The van der Waals surface area contributed by atoms with Gasteiger partial charge in [0.25, 0.3) is 0 Å². The number of rotatable bonds is 6. The highest BCUT2D eigenvalue weighted by Crippen LogP contribution is 2.59. The molecule has 9 aromatic carbocycles. The van der Waals surface area contributed by atoms with Crippen molar-refractivity contribution in [1.82, 2.24) is 4.57 Å². The molecule has 0 fully saturated rings. The van der Waals surface area contributed by atoms with Gasteiger partial charge in [0.1, 0.15) is 0 Å². The van der Waals surface area contributed by atoms with Crippen molar-refractivity contribution < 1.29 is 9.60 Å². The fraction of sp³-hybridized carbons (Fsp3) is 0.0189. The van der Waals surface area contributed by atoms with Crippen LogP contribution in [0.3, 0.4) is 0 Å². The van der Waals surface area contributed by atoms with Crippen LogP contribution in [0.2, 0.25) is 0 Å². The smallest absolute Gasteiger partial charge is 0.0720 e. The van der Waals surface area contributed by atoms with E-state index in [-0.39, 0.29) is 34.5 Å². The van der Waals surface area contributed by atoms with E-state index in [9.17, 15) is 5.48 Å². The van der Waals surface area contributed by atoms with E-state index < -0.39 is 29.6 Å². The number of nitrogens with zero attached hydrogens (tertiary/aromatic N) is 2. The van der Waals surface area contributed by atoms with Crippen molar-refractivity contribution >= 4 is 49.6 Å². The second-order valence-corrected chi connectivity index (χ2v) is 13.9. The SMILES string of the molecule is [2H]c1c([2H])c([2H])c2c([2H])c(C3(c4cccc5c4c4ccccc4n5-c4ccccc4)c4ccccc4-c4cc(N(c5ccccc5)c5ccccc5)ccc43)c([2H])c([2H])c2c1[2H]. The van der Waals surface area contributed by atoms with Gasteiger partial charge in [-0.2, -0.15) is 0 Å². The molecule has 10 aromatic rings. The Balaban J connectivity index is 1.33. The highest BCUT2D eigenvalue weighted by molar-refractivity contribution is 6.12. The van der Waals surface area contributed by atoms with Crippen molar-refractivity contribution in [2.24, 2.45) is 0 Å². The number of hydrogen-bond donors (Lipinski definition) is 0. The highest BCUT2D eigenvalue weighted by Gasteiger charge is 2.47. The highest BCUT2D eigenvalue weighted by atomic mass is 15.1. The maximum atomic E-state index is 10.2. The van der Waals surface area contributed by atoms with Crippen molar-refractivity contribution in [1.29, 1.82) is 0 Å². The number of hydrogen-bond acceptors (Lipinski definition) is 1. The van der Waals surface area contributed by atoms with Crippen molar-refractivity contribution in [2.75, 3.05) is 4.90 Å². The lowest BCUT2D eigenvalue weighted by atomic mass is 9.66. The van der Waals surface area contributed by atoms with E-state index in [0.717, 1.165) is 72.4 Å². The summed E-state index contributed by atoms with van der Waals surface area (Å²) in [5, 5.41) is 1.67. The lowest BCUT2D eigenvalue weighted by Crippen LogP contribution is -2.29. The lowest BCUT2D eigenvalue weighted by Gasteiger charge is -2.35. The lowest BCUT2D eigenvalue weighted by molar-refractivity contribution is 0.778. The molecule has 1 heterocycles. The van der Waals surface area contributed by atoms with Gasteiger partial charge >= 0.3 is 0 Å². The van der Waals surface area contributed by atoms with Crippen molar-refractivity contribution in [3.63, 3.8) is 0 Å². The molecular weight excluding hydrogens is 665 g/mol. The van der Waals surface area contributed by atoms with Crippen LogP contribution < -0.4 is 4.90 Å². The van der Waals surface area contributed by atoms with Crippen LogP contribution in [-0.2, 0) is 5.41 Å². The third-order valence-corrected chi connectivity index (χ3v) is 11.1. The van der Waals surface area contributed by atoms with E-state index in [1.807, 2.05) is 91.0 Å². The zero-order valence-electron chi connectivity index (χ0n) is 36.6. The van der Waals surface area contributed by atoms with Crippen LogP contribution in [0.5, 0.6) is 0 Å². The molecule has 0 amide bonds. The number of para-hydroxylation sites is 4. The average molecular weight is 708 g/mol. The molecule has 1 aliphatic rings. The first kappa shape index (κ1) is 25.0. The minimum absolute atomic E-state index is 0.0767. The normalized spacial score (nSPS) is 16.4. The molecule has 0 radical (unpaired) electrons. The minimum atomic E-state index is -1.41. The Hall–Kier alpha value is -7.16. The molecule has 1 aromatic heterocycles. The summed E-state index contributed by atoms with van der Waals surface area (Å²) < 4.78 is 67.3. The Morgan fingerprint density at radius 1 is 0.455 bits per heavy atom. The summed E-state index contributed by atoms with van der Waals surface area (Å²) in [6, 6.07) is 56.8. The molecule has 55 heavy (non-hydrogen) atoms. The van der Waals surface area contributed by atoms with Crippen molar-refractivity contribution in [3.8, 4) is 16.8 Å². The third kappa shape index (κ3) is 4.68. The van der Waals surface area contributed by atoms with Gasteiger partial charge in [0.15, 0.2) is 0 Å². The fourth-order valence-corrected chi connectivity index (χ4v) is 8.86. The average Bonchev–Trinajstić information content (AvgIpc) is 3.80. The summed E-state index contributed by atoms with van der Waals surface area (Å²) in [6.45, 7) is 0. The summed E-state index contributed by atoms with van der Waals surface area (Å²) in [4.78, 5) is 2.21. The molecule has 0 aliphatic heterocycles. The largest absolute Gasteiger partial charge is 0.310 e. The second kappa shape index (κ2) is 12.5. The molecule has 1 aliphatic carbocycles.